The summed E-state index contributed by atoms with van der Waals surface area (Å²) in [6, 6.07) is 6.64. The quantitative estimate of drug-likeness (QED) is 0.783. The summed E-state index contributed by atoms with van der Waals surface area (Å²) in [6.45, 7) is 0. The van der Waals surface area contributed by atoms with Gasteiger partial charge >= 0.3 is 0 Å². The van der Waals surface area contributed by atoms with Crippen molar-refractivity contribution in [1.29, 1.82) is 0 Å². The number of methoxy groups -OCH3 is 3. The molecule has 1 aromatic heterocycles. The molecular weight excluding hydrogens is 258 g/mol. The summed E-state index contributed by atoms with van der Waals surface area (Å²) >= 11 is 0. The van der Waals surface area contributed by atoms with Crippen LogP contribution in [0.3, 0.4) is 0 Å². The van der Waals surface area contributed by atoms with Crippen LogP contribution in [0.15, 0.2) is 36.7 Å². The summed E-state index contributed by atoms with van der Waals surface area (Å²) in [4.78, 5) is 16.4. The molecule has 1 aromatic carbocycles. The maximum absolute atomic E-state index is 12.5. The van der Waals surface area contributed by atoms with Gasteiger partial charge in [-0.15, -0.1) is 0 Å². The molecule has 0 aliphatic rings. The Morgan fingerprint density at radius 3 is 2.20 bits per heavy atom. The minimum atomic E-state index is -0.184. The Bertz CT molecular complexity index is 611. The molecule has 0 amide bonds. The Labute approximate surface area is 117 Å². The minimum Gasteiger partial charge on any atom is -0.496 e. The number of ketones is 1. The van der Waals surface area contributed by atoms with E-state index in [0.717, 1.165) is 0 Å². The van der Waals surface area contributed by atoms with Gasteiger partial charge in [0.15, 0.2) is 17.3 Å². The maximum Gasteiger partial charge on any atom is 0.198 e. The molecule has 5 heteroatoms. The highest BCUT2D eigenvalue weighted by Crippen LogP contribution is 2.35. The molecule has 0 saturated heterocycles. The van der Waals surface area contributed by atoms with Crippen molar-refractivity contribution < 1.29 is 19.0 Å². The number of ether oxygens (including phenoxy) is 3. The Hall–Kier alpha value is -2.56. The average Bonchev–Trinajstić information content (AvgIpc) is 2.53. The molecular formula is C15H15NO4. The first-order valence-corrected chi connectivity index (χ1v) is 5.96. The lowest BCUT2D eigenvalue weighted by Gasteiger charge is -2.13. The van der Waals surface area contributed by atoms with Gasteiger partial charge in [0.05, 0.1) is 26.9 Å². The smallest absolute Gasteiger partial charge is 0.198 e. The second-order valence-electron chi connectivity index (χ2n) is 3.98. The molecule has 0 atom stereocenters. The van der Waals surface area contributed by atoms with Crippen LogP contribution < -0.4 is 14.2 Å². The van der Waals surface area contributed by atoms with Gasteiger partial charge in [-0.05, 0) is 18.2 Å². The number of hydrogen-bond donors (Lipinski definition) is 0. The Morgan fingerprint density at radius 2 is 1.65 bits per heavy atom. The molecule has 2 rings (SSSR count). The van der Waals surface area contributed by atoms with Crippen LogP contribution in [0.1, 0.15) is 15.9 Å². The number of aromatic nitrogens is 1. The molecule has 0 aliphatic heterocycles. The van der Waals surface area contributed by atoms with E-state index in [1.165, 1.54) is 27.5 Å². The Balaban J connectivity index is 2.53. The maximum atomic E-state index is 12.5. The molecule has 0 fully saturated rings. The van der Waals surface area contributed by atoms with Gasteiger partial charge in [0, 0.05) is 24.0 Å². The number of pyridine rings is 1. The second kappa shape index (κ2) is 6.06. The molecule has 0 radical (unpaired) electrons. The zero-order valence-electron chi connectivity index (χ0n) is 11.5. The Morgan fingerprint density at radius 1 is 1.00 bits per heavy atom. The molecule has 0 unspecified atom stereocenters. The van der Waals surface area contributed by atoms with Gasteiger partial charge in [0.1, 0.15) is 5.75 Å². The van der Waals surface area contributed by atoms with Gasteiger partial charge in [-0.1, -0.05) is 0 Å². The molecule has 5 nitrogen and oxygen atoms in total. The molecule has 0 saturated carbocycles. The second-order valence-corrected chi connectivity index (χ2v) is 3.98. The largest absolute Gasteiger partial charge is 0.496 e. The van der Waals surface area contributed by atoms with Gasteiger partial charge < -0.3 is 14.2 Å². The molecule has 0 bridgehead atoms. The highest BCUT2D eigenvalue weighted by Gasteiger charge is 2.19. The van der Waals surface area contributed by atoms with Crippen molar-refractivity contribution in [3.63, 3.8) is 0 Å². The summed E-state index contributed by atoms with van der Waals surface area (Å²) in [5.74, 6) is 1.22. The third kappa shape index (κ3) is 2.56. The van der Waals surface area contributed by atoms with Crippen LogP contribution in [-0.2, 0) is 0 Å². The highest BCUT2D eigenvalue weighted by atomic mass is 16.5. The van der Waals surface area contributed by atoms with Crippen LogP contribution in [0.25, 0.3) is 0 Å². The van der Waals surface area contributed by atoms with Crippen LogP contribution in [0.2, 0.25) is 0 Å². The van der Waals surface area contributed by atoms with Crippen molar-refractivity contribution >= 4 is 5.78 Å². The zero-order valence-corrected chi connectivity index (χ0v) is 11.5. The number of benzene rings is 1. The van der Waals surface area contributed by atoms with Gasteiger partial charge in [0.2, 0.25) is 0 Å². The molecule has 0 spiro atoms. The predicted molar refractivity (Wildman–Crippen MR) is 73.8 cm³/mol. The molecule has 1 heterocycles. The molecule has 104 valence electrons. The van der Waals surface area contributed by atoms with Crippen LogP contribution in [0, 0.1) is 0 Å². The minimum absolute atomic E-state index is 0.184. The lowest BCUT2D eigenvalue weighted by Crippen LogP contribution is -2.05. The normalized spacial score (nSPS) is 9.95. The third-order valence-corrected chi connectivity index (χ3v) is 2.87. The van der Waals surface area contributed by atoms with E-state index in [2.05, 4.69) is 4.98 Å². The van der Waals surface area contributed by atoms with Gasteiger partial charge in [0.25, 0.3) is 0 Å². The number of carbonyl (C=O) groups is 1. The summed E-state index contributed by atoms with van der Waals surface area (Å²) in [6.07, 6.45) is 3.13. The molecule has 0 N–H and O–H groups in total. The lowest BCUT2D eigenvalue weighted by atomic mass is 10.0. The first-order valence-electron chi connectivity index (χ1n) is 5.96. The van der Waals surface area contributed by atoms with E-state index in [1.807, 2.05) is 0 Å². The van der Waals surface area contributed by atoms with Gasteiger partial charge in [-0.3, -0.25) is 9.78 Å². The van der Waals surface area contributed by atoms with E-state index in [9.17, 15) is 4.79 Å². The third-order valence-electron chi connectivity index (χ3n) is 2.87. The molecule has 2 aromatic rings. The van der Waals surface area contributed by atoms with Crippen molar-refractivity contribution in [3.8, 4) is 17.2 Å². The summed E-state index contributed by atoms with van der Waals surface area (Å²) in [5, 5.41) is 0. The topological polar surface area (TPSA) is 57.7 Å². The standard InChI is InChI=1S/C15H15NO4/c1-18-12-8-14(20-3)13(19-2)7-11(12)15(17)10-5-4-6-16-9-10/h4-9H,1-3H3. The first kappa shape index (κ1) is 13.9. The van der Waals surface area contributed by atoms with Gasteiger partial charge in [-0.25, -0.2) is 0 Å². The van der Waals surface area contributed by atoms with Crippen molar-refractivity contribution in [3.05, 3.63) is 47.8 Å². The number of carbonyl (C=O) groups excluding carboxylic acids is 1. The number of hydrogen-bond acceptors (Lipinski definition) is 5. The first-order chi connectivity index (χ1) is 9.71. The molecule has 20 heavy (non-hydrogen) atoms. The van der Waals surface area contributed by atoms with Gasteiger partial charge in [-0.2, -0.15) is 0 Å². The fraction of sp³-hybridized carbons (Fsp3) is 0.200. The fourth-order valence-corrected chi connectivity index (χ4v) is 1.86. The Kier molecular flexibility index (Phi) is 4.20. The van der Waals surface area contributed by atoms with E-state index in [-0.39, 0.29) is 5.78 Å². The number of nitrogens with zero attached hydrogens (tertiary/aromatic N) is 1. The van der Waals surface area contributed by atoms with Crippen LogP contribution in [0.4, 0.5) is 0 Å². The number of rotatable bonds is 5. The summed E-state index contributed by atoms with van der Waals surface area (Å²) < 4.78 is 15.7. The van der Waals surface area contributed by atoms with Crippen molar-refractivity contribution in [1.82, 2.24) is 4.98 Å². The predicted octanol–water partition coefficient (Wildman–Crippen LogP) is 2.34. The van der Waals surface area contributed by atoms with E-state index >= 15 is 0 Å². The van der Waals surface area contributed by atoms with Crippen molar-refractivity contribution in [2.45, 2.75) is 0 Å². The van der Waals surface area contributed by atoms with Crippen molar-refractivity contribution in [2.75, 3.05) is 21.3 Å². The lowest BCUT2D eigenvalue weighted by molar-refractivity contribution is 0.103. The summed E-state index contributed by atoms with van der Waals surface area (Å²) in [7, 11) is 4.55. The SMILES string of the molecule is COc1cc(OC)c(C(=O)c2cccnc2)cc1OC. The fourth-order valence-electron chi connectivity index (χ4n) is 1.86. The van der Waals surface area contributed by atoms with E-state index in [4.69, 9.17) is 14.2 Å². The van der Waals surface area contributed by atoms with Crippen LogP contribution >= 0.6 is 0 Å². The average molecular weight is 273 g/mol. The zero-order chi connectivity index (χ0) is 14.5. The van der Waals surface area contributed by atoms with E-state index in [0.29, 0.717) is 28.4 Å². The van der Waals surface area contributed by atoms with Crippen LogP contribution in [0.5, 0.6) is 17.2 Å². The molecule has 0 aliphatic carbocycles. The van der Waals surface area contributed by atoms with E-state index < -0.39 is 0 Å². The monoisotopic (exact) mass is 273 g/mol. The highest BCUT2D eigenvalue weighted by molar-refractivity contribution is 6.11. The van der Waals surface area contributed by atoms with Crippen LogP contribution in [-0.4, -0.2) is 32.1 Å². The van der Waals surface area contributed by atoms with E-state index in [1.54, 1.807) is 30.5 Å². The summed E-state index contributed by atoms with van der Waals surface area (Å²) in [5.41, 5.74) is 0.885. The van der Waals surface area contributed by atoms with Crippen molar-refractivity contribution in [2.24, 2.45) is 0 Å².